The van der Waals surface area contributed by atoms with Gasteiger partial charge in [0.25, 0.3) is 5.69 Å². The zero-order valence-electron chi connectivity index (χ0n) is 15.7. The maximum atomic E-state index is 12.7. The molecule has 12 heteroatoms. The summed E-state index contributed by atoms with van der Waals surface area (Å²) in [5, 5.41) is 10.8. The number of hydrogen-bond acceptors (Lipinski definition) is 7. The van der Waals surface area contributed by atoms with Gasteiger partial charge in [0.1, 0.15) is 17.1 Å². The summed E-state index contributed by atoms with van der Waals surface area (Å²) in [5.41, 5.74) is -2.16. The number of alkyl halides is 3. The lowest BCUT2D eigenvalue weighted by Gasteiger charge is -2.12. The third-order valence-electron chi connectivity index (χ3n) is 3.83. The van der Waals surface area contributed by atoms with Gasteiger partial charge in [-0.3, -0.25) is 19.7 Å². The van der Waals surface area contributed by atoms with Crippen molar-refractivity contribution < 1.29 is 42.0 Å². The number of rotatable bonds is 8. The molecule has 0 bridgehead atoms. The van der Waals surface area contributed by atoms with E-state index in [0.717, 1.165) is 37.3 Å². The van der Waals surface area contributed by atoms with Crippen LogP contribution < -0.4 is 4.74 Å². The van der Waals surface area contributed by atoms with Gasteiger partial charge in [-0.25, -0.2) is 4.79 Å². The molecule has 0 unspecified atom stereocenters. The molecule has 8 nitrogen and oxygen atoms in total. The molecule has 0 heterocycles. The van der Waals surface area contributed by atoms with E-state index in [1.165, 1.54) is 0 Å². The van der Waals surface area contributed by atoms with Crippen molar-refractivity contribution in [1.82, 2.24) is 0 Å². The second-order valence-corrected chi connectivity index (χ2v) is 6.45. The summed E-state index contributed by atoms with van der Waals surface area (Å²) in [6.45, 7) is 0.562. The summed E-state index contributed by atoms with van der Waals surface area (Å²) < 4.78 is 48.3. The van der Waals surface area contributed by atoms with Crippen molar-refractivity contribution >= 4 is 34.8 Å². The normalized spacial score (nSPS) is 11.0. The average molecular weight is 460 g/mol. The van der Waals surface area contributed by atoms with Crippen molar-refractivity contribution in [3.63, 3.8) is 0 Å². The number of carbonyl (C=O) groups excluding carboxylic acids is 3. The minimum Gasteiger partial charge on any atom is -0.461 e. The number of hydrogen-bond donors (Lipinski definition) is 0. The third kappa shape index (κ3) is 6.25. The van der Waals surface area contributed by atoms with Crippen LogP contribution in [0.1, 0.15) is 29.3 Å². The van der Waals surface area contributed by atoms with Crippen LogP contribution in [0.15, 0.2) is 36.4 Å². The van der Waals surface area contributed by atoms with E-state index in [0.29, 0.717) is 6.07 Å². The summed E-state index contributed by atoms with van der Waals surface area (Å²) in [6.07, 6.45) is -5.01. The van der Waals surface area contributed by atoms with Gasteiger partial charge >= 0.3 is 12.1 Å². The zero-order chi connectivity index (χ0) is 23.3. The largest absolute Gasteiger partial charge is 0.461 e. The van der Waals surface area contributed by atoms with Crippen LogP contribution in [0, 0.1) is 10.1 Å². The minimum atomic E-state index is -4.61. The highest BCUT2D eigenvalue weighted by Gasteiger charge is 2.31. The zero-order valence-corrected chi connectivity index (χ0v) is 16.5. The molecule has 0 spiro atoms. The predicted octanol–water partition coefficient (Wildman–Crippen LogP) is 4.76. The maximum absolute atomic E-state index is 12.7. The Bertz CT molecular complexity index is 1050. The third-order valence-corrected chi connectivity index (χ3v) is 4.12. The monoisotopic (exact) mass is 459 g/mol. The lowest BCUT2D eigenvalue weighted by Crippen LogP contribution is -2.15. The van der Waals surface area contributed by atoms with Crippen molar-refractivity contribution in [2.45, 2.75) is 19.5 Å². The molecule has 0 amide bonds. The number of halogens is 4. The highest BCUT2D eigenvalue weighted by molar-refractivity contribution is 6.36. The van der Waals surface area contributed by atoms with Crippen LogP contribution in [0.5, 0.6) is 11.5 Å². The molecule has 0 N–H and O–H groups in total. The van der Waals surface area contributed by atoms with E-state index in [9.17, 15) is 37.7 Å². The highest BCUT2D eigenvalue weighted by atomic mass is 35.5. The van der Waals surface area contributed by atoms with Crippen LogP contribution in [0.2, 0.25) is 5.02 Å². The molecular weight excluding hydrogens is 447 g/mol. The van der Waals surface area contributed by atoms with Gasteiger partial charge in [0.2, 0.25) is 5.78 Å². The van der Waals surface area contributed by atoms with E-state index in [4.69, 9.17) is 21.1 Å². The molecule has 2 aromatic rings. The summed E-state index contributed by atoms with van der Waals surface area (Å²) in [7, 11) is 0. The molecule has 0 atom stereocenters. The van der Waals surface area contributed by atoms with Crippen LogP contribution in [-0.2, 0) is 20.5 Å². The summed E-state index contributed by atoms with van der Waals surface area (Å²) >= 11 is 5.81. The molecule has 0 aromatic heterocycles. The molecule has 2 aromatic carbocycles. The molecule has 31 heavy (non-hydrogen) atoms. The Morgan fingerprint density at radius 2 is 1.81 bits per heavy atom. The standard InChI is InChI=1S/C19H13ClF3NO7/c1-10(25)16(26)6-7-30-18(27)13-9-12(3-4-15(13)24(28)29)31-17-5-2-11(8-14(17)20)19(21,22)23/h2-5,8-9H,6-7H2,1H3. The number of benzene rings is 2. The smallest absolute Gasteiger partial charge is 0.416 e. The van der Waals surface area contributed by atoms with Gasteiger partial charge in [0, 0.05) is 25.5 Å². The molecule has 0 saturated carbocycles. The van der Waals surface area contributed by atoms with Crippen molar-refractivity contribution in [3.8, 4) is 11.5 Å². The Hall–Kier alpha value is -3.47. The molecule has 0 radical (unpaired) electrons. The van der Waals surface area contributed by atoms with Gasteiger partial charge in [-0.1, -0.05) is 11.6 Å². The van der Waals surface area contributed by atoms with E-state index in [2.05, 4.69) is 0 Å². The van der Waals surface area contributed by atoms with Gasteiger partial charge in [0.05, 0.1) is 22.1 Å². The van der Waals surface area contributed by atoms with E-state index in [-0.39, 0.29) is 16.5 Å². The SMILES string of the molecule is CC(=O)C(=O)CCOC(=O)c1cc(Oc2ccc(C(F)(F)F)cc2Cl)ccc1[N+](=O)[O-]. The van der Waals surface area contributed by atoms with Gasteiger partial charge in [0.15, 0.2) is 5.78 Å². The Kier molecular flexibility index (Phi) is 7.34. The van der Waals surface area contributed by atoms with Crippen LogP contribution >= 0.6 is 11.6 Å². The first-order valence-electron chi connectivity index (χ1n) is 8.44. The van der Waals surface area contributed by atoms with E-state index in [1.54, 1.807) is 0 Å². The Labute approximate surface area is 177 Å². The molecule has 0 aliphatic rings. The van der Waals surface area contributed by atoms with Crippen LogP contribution in [0.4, 0.5) is 18.9 Å². The Balaban J connectivity index is 2.25. The quantitative estimate of drug-likeness (QED) is 0.242. The number of carbonyl (C=O) groups is 3. The molecule has 0 fully saturated rings. The molecular formula is C19H13ClF3NO7. The lowest BCUT2D eigenvalue weighted by molar-refractivity contribution is -0.385. The summed E-state index contributed by atoms with van der Waals surface area (Å²) in [4.78, 5) is 44.7. The molecule has 0 aliphatic carbocycles. The van der Waals surface area contributed by atoms with Crippen LogP contribution in [0.25, 0.3) is 0 Å². The summed E-state index contributed by atoms with van der Waals surface area (Å²) in [5.74, 6) is -3.00. The Morgan fingerprint density at radius 1 is 1.13 bits per heavy atom. The average Bonchev–Trinajstić information content (AvgIpc) is 2.68. The predicted molar refractivity (Wildman–Crippen MR) is 100 cm³/mol. The number of esters is 1. The Morgan fingerprint density at radius 3 is 2.35 bits per heavy atom. The van der Waals surface area contributed by atoms with Crippen molar-refractivity contribution in [3.05, 3.63) is 62.7 Å². The fourth-order valence-corrected chi connectivity index (χ4v) is 2.50. The van der Waals surface area contributed by atoms with Gasteiger partial charge < -0.3 is 9.47 Å². The topological polar surface area (TPSA) is 113 Å². The second-order valence-electron chi connectivity index (χ2n) is 6.05. The van der Waals surface area contributed by atoms with Crippen molar-refractivity contribution in [1.29, 1.82) is 0 Å². The number of Topliss-reactive ketones (excluding diaryl/α,β-unsaturated/α-hetero) is 2. The number of nitro benzene ring substituents is 1. The maximum Gasteiger partial charge on any atom is 0.416 e. The first kappa shape index (κ1) is 23.8. The number of nitrogens with zero attached hydrogens (tertiary/aromatic N) is 1. The van der Waals surface area contributed by atoms with Gasteiger partial charge in [-0.05, 0) is 24.3 Å². The highest BCUT2D eigenvalue weighted by Crippen LogP contribution is 2.37. The number of ketones is 2. The number of ether oxygens (including phenoxy) is 2. The number of nitro groups is 1. The minimum absolute atomic E-state index is 0.140. The van der Waals surface area contributed by atoms with E-state index >= 15 is 0 Å². The van der Waals surface area contributed by atoms with Crippen LogP contribution in [0.3, 0.4) is 0 Å². The van der Waals surface area contributed by atoms with Crippen molar-refractivity contribution in [2.24, 2.45) is 0 Å². The van der Waals surface area contributed by atoms with Crippen LogP contribution in [-0.4, -0.2) is 29.1 Å². The molecule has 0 aliphatic heterocycles. The second kappa shape index (κ2) is 9.56. The molecule has 164 valence electrons. The van der Waals surface area contributed by atoms with Gasteiger partial charge in [-0.2, -0.15) is 13.2 Å². The first-order chi connectivity index (χ1) is 14.4. The summed E-state index contributed by atoms with van der Waals surface area (Å²) in [6, 6.07) is 5.32. The van der Waals surface area contributed by atoms with E-state index < -0.39 is 58.5 Å². The van der Waals surface area contributed by atoms with Crippen molar-refractivity contribution in [2.75, 3.05) is 6.61 Å². The molecule has 2 rings (SSSR count). The van der Waals surface area contributed by atoms with E-state index in [1.807, 2.05) is 0 Å². The fourth-order valence-electron chi connectivity index (χ4n) is 2.28. The lowest BCUT2D eigenvalue weighted by atomic mass is 10.1. The first-order valence-corrected chi connectivity index (χ1v) is 8.82. The molecule has 0 saturated heterocycles. The van der Waals surface area contributed by atoms with Gasteiger partial charge in [-0.15, -0.1) is 0 Å². The fraction of sp³-hybridized carbons (Fsp3) is 0.211.